The lowest BCUT2D eigenvalue weighted by Gasteiger charge is -2.37. The van der Waals surface area contributed by atoms with Crippen LogP contribution < -0.4 is 14.5 Å². The normalized spacial score (nSPS) is 22.7. The summed E-state index contributed by atoms with van der Waals surface area (Å²) >= 11 is 6.35. The summed E-state index contributed by atoms with van der Waals surface area (Å²) in [6, 6.07) is 9.75. The fourth-order valence-electron chi connectivity index (χ4n) is 6.10. The van der Waals surface area contributed by atoms with Gasteiger partial charge in [0.25, 0.3) is 0 Å². The van der Waals surface area contributed by atoms with E-state index in [1.165, 1.54) is 12.7 Å². The number of amidine groups is 1. The van der Waals surface area contributed by atoms with Crippen LogP contribution in [0.3, 0.4) is 0 Å². The largest absolute Gasteiger partial charge is 0.356 e. The summed E-state index contributed by atoms with van der Waals surface area (Å²) < 4.78 is 25.0. The Morgan fingerprint density at radius 3 is 2.56 bits per heavy atom. The third kappa shape index (κ3) is 5.69. The van der Waals surface area contributed by atoms with Crippen molar-refractivity contribution >= 4 is 50.3 Å². The van der Waals surface area contributed by atoms with Crippen LogP contribution in [0.2, 0.25) is 5.02 Å². The highest BCUT2D eigenvalue weighted by Gasteiger charge is 2.32. The fraction of sp³-hybridized carbons (Fsp3) is 0.536. The average Bonchev–Trinajstić information content (AvgIpc) is 3.55. The van der Waals surface area contributed by atoms with Crippen LogP contribution in [-0.2, 0) is 9.92 Å². The number of piperidine rings is 1. The lowest BCUT2D eigenvalue weighted by atomic mass is 9.97. The molecule has 0 amide bonds. The van der Waals surface area contributed by atoms with Crippen molar-refractivity contribution in [1.82, 2.24) is 24.4 Å². The topological polar surface area (TPSA) is 120 Å². The van der Waals surface area contributed by atoms with Gasteiger partial charge in [-0.05, 0) is 64.4 Å². The van der Waals surface area contributed by atoms with E-state index in [9.17, 15) is 9.62 Å². The van der Waals surface area contributed by atoms with E-state index in [0.717, 1.165) is 74.8 Å². The first-order valence-corrected chi connectivity index (χ1v) is 16.7. The number of anilines is 3. The molecular formula is C28H39ClN10OS. The molecule has 41 heavy (non-hydrogen) atoms. The first-order chi connectivity index (χ1) is 19.6. The highest BCUT2D eigenvalue weighted by molar-refractivity contribution is 7.93. The lowest BCUT2D eigenvalue weighted by Crippen LogP contribution is -2.39. The molecule has 6 rings (SSSR count). The van der Waals surface area contributed by atoms with Crippen LogP contribution in [0.1, 0.15) is 49.4 Å². The van der Waals surface area contributed by atoms with Crippen molar-refractivity contribution < 1.29 is 4.21 Å². The molecular weight excluding hydrogens is 560 g/mol. The van der Waals surface area contributed by atoms with Gasteiger partial charge in [-0.3, -0.25) is 10.1 Å². The van der Waals surface area contributed by atoms with Gasteiger partial charge in [-0.15, -0.1) is 0 Å². The summed E-state index contributed by atoms with van der Waals surface area (Å²) in [5.41, 5.74) is 2.72. The van der Waals surface area contributed by atoms with Gasteiger partial charge in [-0.25, -0.2) is 14.0 Å². The molecule has 0 spiro atoms. The molecule has 13 heteroatoms. The molecule has 1 aromatic carbocycles. The second kappa shape index (κ2) is 11.0. The van der Waals surface area contributed by atoms with Gasteiger partial charge in [0.15, 0.2) is 5.65 Å². The summed E-state index contributed by atoms with van der Waals surface area (Å²) in [4.78, 5) is 14.1. The molecule has 0 radical (unpaired) electrons. The number of aromatic nitrogens is 3. The molecule has 220 valence electrons. The van der Waals surface area contributed by atoms with Crippen LogP contribution in [0.4, 0.5) is 17.3 Å². The zero-order valence-corrected chi connectivity index (χ0v) is 25.5. The summed E-state index contributed by atoms with van der Waals surface area (Å²) in [6.07, 6.45) is 6.48. The molecule has 3 fully saturated rings. The maximum Gasteiger partial charge on any atom is 0.160 e. The molecule has 11 nitrogen and oxygen atoms in total. The standard InChI is InChI=1S/C28H39ClN10OS/c1-35(2)20-10-14-37(18-20)27-17-25(36-11-6-12-36)32-26-16-23(33-39(26)27)24-7-4-5-13-38(24)28(30)21-15-19(29)8-9-22(21)34-41(3,31)40/h8-9,15-17,20,24,30H,4-7,10-14,18H2,1-3H3,(H2,31,34,40)/t20-,24-,41?/m0/s1. The van der Waals surface area contributed by atoms with E-state index in [2.05, 4.69) is 50.5 Å². The van der Waals surface area contributed by atoms with Crippen molar-refractivity contribution in [1.29, 1.82) is 10.2 Å². The van der Waals surface area contributed by atoms with Crippen LogP contribution in [0.5, 0.6) is 0 Å². The number of nitrogens with one attached hydrogen (secondary N) is 3. The SMILES string of the molecule is CN(C)[C@H]1CCN(c2cc(N3CCC3)nc3cc([C@@H]4CCCCN4C(=N)c4cc(Cl)ccc4NS(C)(=N)=O)nn23)C1. The molecule has 2 aromatic heterocycles. The van der Waals surface area contributed by atoms with Gasteiger partial charge >= 0.3 is 0 Å². The fourth-order valence-corrected chi connectivity index (χ4v) is 6.87. The number of likely N-dealkylation sites (N-methyl/N-ethyl adjacent to an activating group) is 1. The monoisotopic (exact) mass is 598 g/mol. The van der Waals surface area contributed by atoms with Gasteiger partial charge in [0.2, 0.25) is 0 Å². The molecule has 3 aromatic rings. The average molecular weight is 599 g/mol. The van der Waals surface area contributed by atoms with Crippen molar-refractivity contribution in [2.75, 3.05) is 67.6 Å². The van der Waals surface area contributed by atoms with E-state index in [-0.39, 0.29) is 11.9 Å². The predicted octanol–water partition coefficient (Wildman–Crippen LogP) is 4.29. The van der Waals surface area contributed by atoms with Crippen molar-refractivity contribution in [3.05, 3.63) is 46.6 Å². The Morgan fingerprint density at radius 1 is 1.07 bits per heavy atom. The third-order valence-electron chi connectivity index (χ3n) is 8.48. The Hall–Kier alpha value is -3.09. The maximum atomic E-state index is 12.3. The van der Waals surface area contributed by atoms with Crippen LogP contribution >= 0.6 is 11.6 Å². The van der Waals surface area contributed by atoms with Crippen molar-refractivity contribution in [2.24, 2.45) is 0 Å². The van der Waals surface area contributed by atoms with E-state index < -0.39 is 9.92 Å². The van der Waals surface area contributed by atoms with Gasteiger partial charge in [-0.1, -0.05) is 11.6 Å². The zero-order chi connectivity index (χ0) is 28.9. The van der Waals surface area contributed by atoms with Crippen LogP contribution in [0.15, 0.2) is 30.3 Å². The molecule has 3 saturated heterocycles. The number of benzene rings is 1. The van der Waals surface area contributed by atoms with Gasteiger partial charge in [0.05, 0.1) is 17.4 Å². The molecule has 0 saturated carbocycles. The Labute approximate surface area is 247 Å². The summed E-state index contributed by atoms with van der Waals surface area (Å²) in [6.45, 7) is 4.66. The summed E-state index contributed by atoms with van der Waals surface area (Å²) in [5.74, 6) is 2.35. The quantitative estimate of drug-likeness (QED) is 0.274. The molecule has 0 bridgehead atoms. The van der Waals surface area contributed by atoms with Crippen LogP contribution in [-0.4, -0.2) is 93.6 Å². The molecule has 5 heterocycles. The number of rotatable bonds is 7. The number of halogens is 1. The third-order valence-corrected chi connectivity index (χ3v) is 9.33. The second-order valence-corrected chi connectivity index (χ2v) is 14.0. The molecule has 3 atom stereocenters. The number of fused-ring (bicyclic) bond motifs is 1. The van der Waals surface area contributed by atoms with Crippen LogP contribution in [0, 0.1) is 10.2 Å². The highest BCUT2D eigenvalue weighted by atomic mass is 35.5. The number of hydrogen-bond acceptors (Lipinski definition) is 8. The predicted molar refractivity (Wildman–Crippen MR) is 166 cm³/mol. The van der Waals surface area contributed by atoms with Crippen LogP contribution in [0.25, 0.3) is 5.65 Å². The highest BCUT2D eigenvalue weighted by Crippen LogP contribution is 2.36. The minimum absolute atomic E-state index is 0.111. The smallest absolute Gasteiger partial charge is 0.160 e. The summed E-state index contributed by atoms with van der Waals surface area (Å²) in [5, 5.41) is 14.9. The Bertz CT molecular complexity index is 1570. The van der Waals surface area contributed by atoms with Gasteiger partial charge in [0.1, 0.15) is 27.4 Å². The maximum absolute atomic E-state index is 12.3. The Balaban J connectivity index is 1.38. The zero-order valence-electron chi connectivity index (χ0n) is 23.9. The van der Waals surface area contributed by atoms with Gasteiger partial charge in [-0.2, -0.15) is 9.61 Å². The second-order valence-electron chi connectivity index (χ2n) is 11.7. The molecule has 3 aliphatic rings. The van der Waals surface area contributed by atoms with Crippen molar-refractivity contribution in [3.8, 4) is 0 Å². The molecule has 0 aliphatic carbocycles. The number of hydrogen-bond donors (Lipinski definition) is 3. The number of likely N-dealkylation sites (tertiary alicyclic amines) is 1. The van der Waals surface area contributed by atoms with Gasteiger partial charge in [0, 0.05) is 67.7 Å². The van der Waals surface area contributed by atoms with E-state index in [1.54, 1.807) is 18.2 Å². The lowest BCUT2D eigenvalue weighted by molar-refractivity contribution is 0.239. The molecule has 1 unspecified atom stereocenters. The first kappa shape index (κ1) is 28.0. The van der Waals surface area contributed by atoms with E-state index in [0.29, 0.717) is 28.9 Å². The first-order valence-electron chi connectivity index (χ1n) is 14.3. The molecule has 3 N–H and O–H groups in total. The van der Waals surface area contributed by atoms with E-state index in [1.807, 2.05) is 4.52 Å². The Kier molecular flexibility index (Phi) is 7.50. The Morgan fingerprint density at radius 2 is 1.88 bits per heavy atom. The minimum atomic E-state index is -3.03. The van der Waals surface area contributed by atoms with E-state index in [4.69, 9.17) is 26.5 Å². The van der Waals surface area contributed by atoms with Crippen molar-refractivity contribution in [2.45, 2.75) is 44.2 Å². The molecule has 3 aliphatic heterocycles. The minimum Gasteiger partial charge on any atom is -0.356 e. The number of nitrogens with zero attached hydrogens (tertiary/aromatic N) is 7. The summed E-state index contributed by atoms with van der Waals surface area (Å²) in [7, 11) is 1.25. The van der Waals surface area contributed by atoms with Gasteiger partial charge < -0.3 is 19.6 Å². The van der Waals surface area contributed by atoms with Crippen molar-refractivity contribution in [3.63, 3.8) is 0 Å². The van der Waals surface area contributed by atoms with E-state index >= 15 is 0 Å².